The van der Waals surface area contributed by atoms with E-state index in [1.807, 2.05) is 6.07 Å². The summed E-state index contributed by atoms with van der Waals surface area (Å²) in [6.45, 7) is 0.990. The van der Waals surface area contributed by atoms with Crippen LogP contribution in [0.5, 0.6) is 0 Å². The lowest BCUT2D eigenvalue weighted by atomic mass is 10.2. The van der Waals surface area contributed by atoms with Crippen molar-refractivity contribution in [1.29, 1.82) is 0 Å². The zero-order chi connectivity index (χ0) is 14.2. The summed E-state index contributed by atoms with van der Waals surface area (Å²) in [7, 11) is -3.68. The Morgan fingerprint density at radius 2 is 2.05 bits per heavy atom. The number of furan rings is 1. The van der Waals surface area contributed by atoms with Gasteiger partial charge >= 0.3 is 10.2 Å². The van der Waals surface area contributed by atoms with Gasteiger partial charge < -0.3 is 4.42 Å². The highest BCUT2D eigenvalue weighted by molar-refractivity contribution is 7.87. The molecule has 1 aliphatic heterocycles. The quantitative estimate of drug-likeness (QED) is 0.906. The first-order chi connectivity index (χ1) is 9.58. The molecule has 7 heteroatoms. The molecular weight excluding hydrogens is 280 g/mol. The Hall–Kier alpha value is -1.34. The lowest BCUT2D eigenvalue weighted by Crippen LogP contribution is -2.46. The molecule has 20 heavy (non-hydrogen) atoms. The molecule has 0 radical (unpaired) electrons. The van der Waals surface area contributed by atoms with Crippen LogP contribution in [-0.4, -0.2) is 31.7 Å². The second kappa shape index (κ2) is 5.21. The second-order valence-electron chi connectivity index (χ2n) is 5.40. The predicted molar refractivity (Wildman–Crippen MR) is 72.0 cm³/mol. The first kappa shape index (κ1) is 13.6. The van der Waals surface area contributed by atoms with E-state index in [0.717, 1.165) is 25.0 Å². The molecule has 1 aromatic heterocycles. The molecule has 0 spiro atoms. The molecule has 6 nitrogen and oxygen atoms in total. The zero-order valence-electron chi connectivity index (χ0n) is 11.1. The topological polar surface area (TPSA) is 79.6 Å². The van der Waals surface area contributed by atoms with Crippen molar-refractivity contribution >= 4 is 16.1 Å². The minimum absolute atomic E-state index is 0.0153. The molecule has 1 saturated heterocycles. The lowest BCUT2D eigenvalue weighted by Gasteiger charge is -2.25. The van der Waals surface area contributed by atoms with E-state index in [1.165, 1.54) is 4.31 Å². The Morgan fingerprint density at radius 3 is 2.70 bits per heavy atom. The van der Waals surface area contributed by atoms with Gasteiger partial charge in [0.15, 0.2) is 0 Å². The monoisotopic (exact) mass is 298 g/mol. The van der Waals surface area contributed by atoms with E-state index in [2.05, 4.69) is 4.72 Å². The van der Waals surface area contributed by atoms with Gasteiger partial charge in [0.25, 0.3) is 0 Å². The molecule has 2 atom stereocenters. The largest absolute Gasteiger partial charge is 0.469 e. The third-order valence-corrected chi connectivity index (χ3v) is 5.42. The average molecular weight is 298 g/mol. The van der Waals surface area contributed by atoms with Crippen molar-refractivity contribution in [2.24, 2.45) is 5.92 Å². The highest BCUT2D eigenvalue weighted by Gasteiger charge is 2.47. The summed E-state index contributed by atoms with van der Waals surface area (Å²) in [6.07, 6.45) is 4.96. The summed E-state index contributed by atoms with van der Waals surface area (Å²) in [6, 6.07) is 3.59. The molecule has 1 aliphatic carbocycles. The summed E-state index contributed by atoms with van der Waals surface area (Å²) in [5, 5.41) is 0. The maximum atomic E-state index is 12.1. The number of hydrogen-bond donors (Lipinski definition) is 1. The number of piperidine rings is 1. The fourth-order valence-corrected chi connectivity index (χ4v) is 3.95. The van der Waals surface area contributed by atoms with Crippen LogP contribution >= 0.6 is 0 Å². The van der Waals surface area contributed by atoms with E-state index < -0.39 is 16.1 Å². The van der Waals surface area contributed by atoms with Crippen molar-refractivity contribution in [3.63, 3.8) is 0 Å². The normalized spacial score (nSPS) is 27.2. The molecule has 2 fully saturated rings. The van der Waals surface area contributed by atoms with Gasteiger partial charge in [-0.3, -0.25) is 4.79 Å². The van der Waals surface area contributed by atoms with Gasteiger partial charge in [-0.25, -0.2) is 4.72 Å². The Labute approximate surface area is 118 Å². The SMILES string of the molecule is O=C(NS(=O)(=O)N1CCCCC1)C1CC1c1ccco1. The summed E-state index contributed by atoms with van der Waals surface area (Å²) in [4.78, 5) is 12.0. The summed E-state index contributed by atoms with van der Waals surface area (Å²) in [5.41, 5.74) is 0. The molecule has 110 valence electrons. The molecule has 2 heterocycles. The number of rotatable bonds is 4. The highest BCUT2D eigenvalue weighted by atomic mass is 32.2. The fourth-order valence-electron chi connectivity index (χ4n) is 2.67. The van der Waals surface area contributed by atoms with E-state index in [0.29, 0.717) is 19.5 Å². The Morgan fingerprint density at radius 1 is 1.30 bits per heavy atom. The van der Waals surface area contributed by atoms with Gasteiger partial charge in [-0.1, -0.05) is 6.42 Å². The number of hydrogen-bond acceptors (Lipinski definition) is 4. The number of nitrogens with one attached hydrogen (secondary N) is 1. The zero-order valence-corrected chi connectivity index (χ0v) is 11.9. The van der Waals surface area contributed by atoms with Gasteiger partial charge in [0, 0.05) is 24.9 Å². The van der Waals surface area contributed by atoms with Crippen molar-refractivity contribution < 1.29 is 17.6 Å². The third-order valence-electron chi connectivity index (χ3n) is 3.92. The number of amides is 1. The van der Waals surface area contributed by atoms with Crippen LogP contribution in [-0.2, 0) is 15.0 Å². The van der Waals surface area contributed by atoms with Gasteiger partial charge in [0.2, 0.25) is 5.91 Å². The first-order valence-corrected chi connectivity index (χ1v) is 8.37. The smallest absolute Gasteiger partial charge is 0.303 e. The molecule has 1 saturated carbocycles. The molecule has 1 amide bonds. The highest BCUT2D eigenvalue weighted by Crippen LogP contribution is 2.47. The molecular formula is C13H18N2O4S. The standard InChI is InChI=1S/C13H18N2O4S/c16-13(11-9-10(11)12-5-4-8-19-12)14-20(17,18)15-6-2-1-3-7-15/h4-5,8,10-11H,1-3,6-7,9H2,(H,14,16). The van der Waals surface area contributed by atoms with Crippen molar-refractivity contribution in [1.82, 2.24) is 9.03 Å². The minimum atomic E-state index is -3.68. The van der Waals surface area contributed by atoms with E-state index in [9.17, 15) is 13.2 Å². The van der Waals surface area contributed by atoms with Crippen LogP contribution in [0, 0.1) is 5.92 Å². The van der Waals surface area contributed by atoms with Crippen LogP contribution in [0.4, 0.5) is 0 Å². The van der Waals surface area contributed by atoms with E-state index in [-0.39, 0.29) is 11.8 Å². The third kappa shape index (κ3) is 2.73. The van der Waals surface area contributed by atoms with Gasteiger partial charge in [-0.2, -0.15) is 12.7 Å². The van der Waals surface area contributed by atoms with Crippen LogP contribution < -0.4 is 4.72 Å². The molecule has 2 unspecified atom stereocenters. The molecule has 1 aromatic rings. The van der Waals surface area contributed by atoms with Crippen molar-refractivity contribution in [2.75, 3.05) is 13.1 Å². The summed E-state index contributed by atoms with van der Waals surface area (Å²) >= 11 is 0. The van der Waals surface area contributed by atoms with Crippen LogP contribution in [0.25, 0.3) is 0 Å². The van der Waals surface area contributed by atoms with Crippen LogP contribution in [0.3, 0.4) is 0 Å². The predicted octanol–water partition coefficient (Wildman–Crippen LogP) is 1.23. The molecule has 0 aromatic carbocycles. The van der Waals surface area contributed by atoms with Crippen molar-refractivity contribution in [3.8, 4) is 0 Å². The van der Waals surface area contributed by atoms with E-state index in [1.54, 1.807) is 12.3 Å². The fraction of sp³-hybridized carbons (Fsp3) is 0.615. The Balaban J connectivity index is 1.59. The van der Waals surface area contributed by atoms with Gasteiger partial charge in [0.1, 0.15) is 5.76 Å². The van der Waals surface area contributed by atoms with Crippen molar-refractivity contribution in [2.45, 2.75) is 31.6 Å². The molecule has 1 N–H and O–H groups in total. The average Bonchev–Trinajstić information content (AvgIpc) is 3.06. The molecule has 3 rings (SSSR count). The van der Waals surface area contributed by atoms with Crippen molar-refractivity contribution in [3.05, 3.63) is 24.2 Å². The number of carbonyl (C=O) groups excluding carboxylic acids is 1. The van der Waals surface area contributed by atoms with Gasteiger partial charge in [0.05, 0.1) is 6.26 Å². The second-order valence-corrected chi connectivity index (χ2v) is 7.07. The molecule has 2 aliphatic rings. The maximum Gasteiger partial charge on any atom is 0.303 e. The van der Waals surface area contributed by atoms with E-state index >= 15 is 0 Å². The van der Waals surface area contributed by atoms with Gasteiger partial charge in [-0.05, 0) is 31.4 Å². The van der Waals surface area contributed by atoms with Crippen LogP contribution in [0.2, 0.25) is 0 Å². The summed E-state index contributed by atoms with van der Waals surface area (Å²) in [5.74, 6) is 0.0553. The first-order valence-electron chi connectivity index (χ1n) is 6.93. The van der Waals surface area contributed by atoms with Gasteiger partial charge in [-0.15, -0.1) is 0 Å². The Bertz CT molecular complexity index is 576. The lowest BCUT2D eigenvalue weighted by molar-refractivity contribution is -0.120. The molecule has 0 bridgehead atoms. The van der Waals surface area contributed by atoms with Crippen LogP contribution in [0.1, 0.15) is 37.4 Å². The maximum absolute atomic E-state index is 12.1. The Kier molecular flexibility index (Phi) is 3.55. The number of nitrogens with zero attached hydrogens (tertiary/aromatic N) is 1. The summed E-state index contributed by atoms with van der Waals surface area (Å²) < 4.78 is 33.0. The van der Waals surface area contributed by atoms with E-state index in [4.69, 9.17) is 4.42 Å². The van der Waals surface area contributed by atoms with Crippen LogP contribution in [0.15, 0.2) is 22.8 Å². The number of carbonyl (C=O) groups is 1. The minimum Gasteiger partial charge on any atom is -0.469 e.